The minimum Gasteiger partial charge on any atom is -0.494 e. The number of nitrogens with zero attached hydrogens (tertiary/aromatic N) is 1. The Morgan fingerprint density at radius 3 is 1.45 bits per heavy atom. The zero-order chi connectivity index (χ0) is 27.4. The highest BCUT2D eigenvalue weighted by molar-refractivity contribution is 6.10. The van der Waals surface area contributed by atoms with E-state index in [2.05, 4.69) is 13.8 Å². The molecule has 0 heterocycles. The Labute approximate surface area is 229 Å². The summed E-state index contributed by atoms with van der Waals surface area (Å²) in [6.45, 7) is 6.73. The predicted molar refractivity (Wildman–Crippen MR) is 155 cm³/mol. The minimum atomic E-state index is -0.292. The highest BCUT2D eigenvalue weighted by Gasteiger charge is 2.24. The molecule has 0 saturated heterocycles. The molecule has 0 aliphatic rings. The molecular formula is C32H48N2O4. The van der Waals surface area contributed by atoms with Crippen LogP contribution in [0.5, 0.6) is 11.5 Å². The Morgan fingerprint density at radius 1 is 0.605 bits per heavy atom. The molecule has 0 aliphatic heterocycles. The Hall–Kier alpha value is -2.86. The van der Waals surface area contributed by atoms with Crippen molar-refractivity contribution in [3.8, 4) is 11.5 Å². The van der Waals surface area contributed by atoms with Crippen LogP contribution in [0.1, 0.15) is 112 Å². The number of benzene rings is 2. The van der Waals surface area contributed by atoms with E-state index in [4.69, 9.17) is 15.2 Å². The number of amides is 2. The molecule has 0 aliphatic carbocycles. The monoisotopic (exact) mass is 524 g/mol. The van der Waals surface area contributed by atoms with Gasteiger partial charge in [0.2, 0.25) is 0 Å². The lowest BCUT2D eigenvalue weighted by molar-refractivity contribution is 0.0613. The fraction of sp³-hybridized carbons (Fsp3) is 0.562. The molecule has 0 aromatic heterocycles. The van der Waals surface area contributed by atoms with Gasteiger partial charge >= 0.3 is 0 Å². The summed E-state index contributed by atoms with van der Waals surface area (Å²) in [5.41, 5.74) is 6.56. The second-order valence-corrected chi connectivity index (χ2v) is 9.83. The molecule has 2 amide bonds. The second kappa shape index (κ2) is 19.2. The van der Waals surface area contributed by atoms with E-state index in [0.29, 0.717) is 37.4 Å². The Kier molecular flexibility index (Phi) is 15.9. The van der Waals surface area contributed by atoms with Gasteiger partial charge in [-0.1, -0.05) is 65.2 Å². The molecule has 2 N–H and O–H groups in total. The summed E-state index contributed by atoms with van der Waals surface area (Å²) in [5, 5.41) is 0. The van der Waals surface area contributed by atoms with Gasteiger partial charge in [0.1, 0.15) is 11.5 Å². The van der Waals surface area contributed by atoms with Crippen LogP contribution in [-0.2, 0) is 0 Å². The molecular weight excluding hydrogens is 476 g/mol. The first-order valence-corrected chi connectivity index (χ1v) is 14.6. The number of unbranched alkanes of at least 4 members (excludes halogenated alkanes) is 9. The maximum Gasteiger partial charge on any atom is 0.260 e. The third-order valence-electron chi connectivity index (χ3n) is 6.56. The molecule has 0 bridgehead atoms. The van der Waals surface area contributed by atoms with Crippen LogP contribution in [0.15, 0.2) is 48.5 Å². The molecule has 2 aromatic rings. The zero-order valence-electron chi connectivity index (χ0n) is 23.6. The molecule has 0 saturated carbocycles. The van der Waals surface area contributed by atoms with Gasteiger partial charge in [-0.15, -0.1) is 0 Å². The normalized spacial score (nSPS) is 10.8. The summed E-state index contributed by atoms with van der Waals surface area (Å²) >= 11 is 0. The summed E-state index contributed by atoms with van der Waals surface area (Å²) < 4.78 is 11.6. The lowest BCUT2D eigenvalue weighted by Gasteiger charge is -2.21. The van der Waals surface area contributed by atoms with Crippen LogP contribution in [0.25, 0.3) is 0 Å². The van der Waals surface area contributed by atoms with Crippen LogP contribution in [0.2, 0.25) is 0 Å². The first kappa shape index (κ1) is 31.4. The Bertz CT molecular complexity index is 843. The van der Waals surface area contributed by atoms with E-state index < -0.39 is 0 Å². The van der Waals surface area contributed by atoms with Crippen molar-refractivity contribution in [1.82, 2.24) is 4.90 Å². The molecule has 0 fully saturated rings. The number of ether oxygens (including phenoxy) is 2. The number of rotatable bonds is 20. The van der Waals surface area contributed by atoms with Crippen molar-refractivity contribution < 1.29 is 19.1 Å². The van der Waals surface area contributed by atoms with Gasteiger partial charge in [-0.3, -0.25) is 14.5 Å². The fourth-order valence-corrected chi connectivity index (χ4v) is 4.20. The second-order valence-electron chi connectivity index (χ2n) is 9.83. The van der Waals surface area contributed by atoms with Gasteiger partial charge < -0.3 is 15.2 Å². The number of carbonyl (C=O) groups is 2. The largest absolute Gasteiger partial charge is 0.494 e. The smallest absolute Gasteiger partial charge is 0.260 e. The van der Waals surface area contributed by atoms with Crippen LogP contribution in [0.4, 0.5) is 0 Å². The van der Waals surface area contributed by atoms with Gasteiger partial charge in [0.15, 0.2) is 0 Å². The SMILES string of the molecule is CCCCCCOc1ccc(C(=O)N(CCCCCCN)C(=O)c2ccc(OCCCCCC)cc2)cc1. The van der Waals surface area contributed by atoms with Gasteiger partial charge in [-0.2, -0.15) is 0 Å². The summed E-state index contributed by atoms with van der Waals surface area (Å²) in [6.07, 6.45) is 12.7. The maximum absolute atomic E-state index is 13.4. The first-order valence-electron chi connectivity index (χ1n) is 14.6. The maximum atomic E-state index is 13.4. The van der Waals surface area contributed by atoms with Crippen molar-refractivity contribution in [1.29, 1.82) is 0 Å². The lowest BCUT2D eigenvalue weighted by atomic mass is 10.1. The fourth-order valence-electron chi connectivity index (χ4n) is 4.20. The summed E-state index contributed by atoms with van der Waals surface area (Å²) in [7, 11) is 0. The van der Waals surface area contributed by atoms with Gasteiger partial charge in [0.05, 0.1) is 13.2 Å². The number of imide groups is 1. The van der Waals surface area contributed by atoms with Gasteiger partial charge in [-0.05, 0) is 80.8 Å². The van der Waals surface area contributed by atoms with E-state index in [1.165, 1.54) is 30.6 Å². The molecule has 0 atom stereocenters. The topological polar surface area (TPSA) is 81.9 Å². The highest BCUT2D eigenvalue weighted by atomic mass is 16.5. The number of carbonyl (C=O) groups excluding carboxylic acids is 2. The number of nitrogens with two attached hydrogens (primary N) is 1. The molecule has 2 rings (SSSR count). The van der Waals surface area contributed by atoms with Gasteiger partial charge in [-0.25, -0.2) is 0 Å². The quantitative estimate of drug-likeness (QED) is 0.144. The van der Waals surface area contributed by atoms with E-state index in [1.54, 1.807) is 24.3 Å². The van der Waals surface area contributed by atoms with Crippen LogP contribution in [0.3, 0.4) is 0 Å². The highest BCUT2D eigenvalue weighted by Crippen LogP contribution is 2.19. The molecule has 0 spiro atoms. The molecule has 0 radical (unpaired) electrons. The van der Waals surface area contributed by atoms with E-state index >= 15 is 0 Å². The van der Waals surface area contributed by atoms with Crippen molar-refractivity contribution in [3.05, 3.63) is 59.7 Å². The van der Waals surface area contributed by atoms with E-state index in [1.807, 2.05) is 24.3 Å². The summed E-state index contributed by atoms with van der Waals surface area (Å²) in [4.78, 5) is 28.2. The average molecular weight is 525 g/mol. The third kappa shape index (κ3) is 11.7. The number of hydrogen-bond donors (Lipinski definition) is 1. The van der Waals surface area contributed by atoms with E-state index in [0.717, 1.165) is 62.9 Å². The third-order valence-corrected chi connectivity index (χ3v) is 6.56. The van der Waals surface area contributed by atoms with Gasteiger partial charge in [0.25, 0.3) is 11.8 Å². The summed E-state index contributed by atoms with van der Waals surface area (Å²) in [6, 6.07) is 14.2. The van der Waals surface area contributed by atoms with Crippen molar-refractivity contribution in [2.45, 2.75) is 90.9 Å². The Morgan fingerprint density at radius 2 is 1.03 bits per heavy atom. The minimum absolute atomic E-state index is 0.292. The van der Waals surface area contributed by atoms with Crippen molar-refractivity contribution in [2.75, 3.05) is 26.3 Å². The van der Waals surface area contributed by atoms with Crippen LogP contribution in [0, 0.1) is 0 Å². The molecule has 6 nitrogen and oxygen atoms in total. The van der Waals surface area contributed by atoms with E-state index in [-0.39, 0.29) is 11.8 Å². The molecule has 0 unspecified atom stereocenters. The first-order chi connectivity index (χ1) is 18.6. The van der Waals surface area contributed by atoms with Crippen molar-refractivity contribution in [3.63, 3.8) is 0 Å². The molecule has 2 aromatic carbocycles. The average Bonchev–Trinajstić information content (AvgIpc) is 2.95. The molecule has 6 heteroatoms. The summed E-state index contributed by atoms with van der Waals surface area (Å²) in [5.74, 6) is 0.894. The predicted octanol–water partition coefficient (Wildman–Crippen LogP) is 7.41. The number of hydrogen-bond acceptors (Lipinski definition) is 5. The van der Waals surface area contributed by atoms with Crippen molar-refractivity contribution in [2.24, 2.45) is 5.73 Å². The molecule has 210 valence electrons. The standard InChI is InChI=1S/C32H48N2O4/c1-3-5-7-13-25-37-29-19-15-27(16-20-29)31(35)34(24-12-10-9-11-23-33)32(36)28-17-21-30(22-18-28)38-26-14-8-6-4-2/h15-22H,3-14,23-26,33H2,1-2H3. The lowest BCUT2D eigenvalue weighted by Crippen LogP contribution is -2.37. The molecule has 38 heavy (non-hydrogen) atoms. The Balaban J connectivity index is 2.03. The van der Waals surface area contributed by atoms with Crippen LogP contribution in [-0.4, -0.2) is 43.0 Å². The van der Waals surface area contributed by atoms with Crippen molar-refractivity contribution >= 4 is 11.8 Å². The van der Waals surface area contributed by atoms with E-state index in [9.17, 15) is 9.59 Å². The van der Waals surface area contributed by atoms with Gasteiger partial charge in [0, 0.05) is 17.7 Å². The van der Waals surface area contributed by atoms with Crippen LogP contribution >= 0.6 is 0 Å². The zero-order valence-corrected chi connectivity index (χ0v) is 23.6. The van der Waals surface area contributed by atoms with Crippen LogP contribution < -0.4 is 15.2 Å².